The van der Waals surface area contributed by atoms with Crippen molar-refractivity contribution >= 4 is 0 Å². The van der Waals surface area contributed by atoms with Crippen LogP contribution < -0.4 is 0 Å². The van der Waals surface area contributed by atoms with Crippen molar-refractivity contribution in [3.8, 4) is 0 Å². The van der Waals surface area contributed by atoms with E-state index >= 15 is 0 Å². The largest absolute Gasteiger partial charge is 0.385 e. The molecule has 0 radical (unpaired) electrons. The maximum Gasteiger partial charge on any atom is 0.287 e. The number of aliphatic hydroxyl groups is 1. The fourth-order valence-electron chi connectivity index (χ4n) is 1.28. The smallest absolute Gasteiger partial charge is 0.287 e. The first-order valence-corrected chi connectivity index (χ1v) is 4.04. The van der Waals surface area contributed by atoms with Crippen LogP contribution in [0.5, 0.6) is 0 Å². The fourth-order valence-corrected chi connectivity index (χ4v) is 1.28. The van der Waals surface area contributed by atoms with E-state index in [4.69, 9.17) is 5.11 Å². The minimum Gasteiger partial charge on any atom is -0.385 e. The zero-order valence-electron chi connectivity index (χ0n) is 7.64. The molecule has 1 atom stereocenters. The van der Waals surface area contributed by atoms with Crippen molar-refractivity contribution in [3.63, 3.8) is 0 Å². The van der Waals surface area contributed by atoms with Crippen LogP contribution in [0.25, 0.3) is 0 Å². The first-order valence-electron chi connectivity index (χ1n) is 4.04. The van der Waals surface area contributed by atoms with Crippen LogP contribution in [0.2, 0.25) is 0 Å². The lowest BCUT2D eigenvalue weighted by atomic mass is 10.1. The number of alkyl halides is 2. The van der Waals surface area contributed by atoms with Gasteiger partial charge in [-0.3, -0.25) is 4.90 Å². The van der Waals surface area contributed by atoms with E-state index in [1.54, 1.807) is 4.90 Å². The van der Waals surface area contributed by atoms with Gasteiger partial charge in [-0.1, -0.05) is 0 Å². The number of halogens is 2. The number of hydrogen-bond donors (Lipinski definition) is 1. The maximum absolute atomic E-state index is 12.8. The summed E-state index contributed by atoms with van der Waals surface area (Å²) in [5.41, 5.74) is -0.291. The summed E-state index contributed by atoms with van der Waals surface area (Å²) >= 11 is 0. The number of likely N-dealkylation sites (tertiary alicyclic amines) is 1. The van der Waals surface area contributed by atoms with Crippen molar-refractivity contribution in [2.24, 2.45) is 0 Å². The highest BCUT2D eigenvalue weighted by atomic mass is 19.3. The molecule has 1 N–H and O–H groups in total. The predicted molar refractivity (Wildman–Crippen MR) is 42.3 cm³/mol. The molecule has 72 valence electrons. The summed E-state index contributed by atoms with van der Waals surface area (Å²) in [4.78, 5) is 1.59. The van der Waals surface area contributed by atoms with Crippen molar-refractivity contribution in [2.75, 3.05) is 13.1 Å². The summed E-state index contributed by atoms with van der Waals surface area (Å²) in [5, 5.41) is 9.00. The Labute approximate surface area is 71.2 Å². The summed E-state index contributed by atoms with van der Waals surface area (Å²) in [6.07, 6.45) is -1.50. The van der Waals surface area contributed by atoms with Crippen LogP contribution in [0.1, 0.15) is 20.8 Å². The predicted octanol–water partition coefficient (Wildman–Crippen LogP) is 1.10. The van der Waals surface area contributed by atoms with Crippen molar-refractivity contribution < 1.29 is 13.9 Å². The molecular weight excluding hydrogens is 164 g/mol. The second-order valence-electron chi connectivity index (χ2n) is 4.33. The van der Waals surface area contributed by atoms with Gasteiger partial charge < -0.3 is 5.11 Å². The minimum atomic E-state index is -2.94. The van der Waals surface area contributed by atoms with Gasteiger partial charge in [0, 0.05) is 12.1 Å². The van der Waals surface area contributed by atoms with Crippen LogP contribution in [0, 0.1) is 0 Å². The van der Waals surface area contributed by atoms with Crippen LogP contribution in [0.15, 0.2) is 0 Å². The summed E-state index contributed by atoms with van der Waals surface area (Å²) in [7, 11) is 0. The molecule has 0 amide bonds. The lowest BCUT2D eigenvalue weighted by molar-refractivity contribution is -0.0742. The first kappa shape index (κ1) is 9.86. The van der Waals surface area contributed by atoms with Crippen LogP contribution >= 0.6 is 0 Å². The molecule has 0 saturated carbocycles. The van der Waals surface area contributed by atoms with Gasteiger partial charge in [-0.2, -0.15) is 0 Å². The summed E-state index contributed by atoms with van der Waals surface area (Å²) in [5.74, 6) is -2.94. The lowest BCUT2D eigenvalue weighted by Crippen LogP contribution is -2.40. The standard InChI is InChI=1S/C8H15F2NO/c1-7(2,3)11-4-6(12)8(9,10)5-11/h6,12H,4-5H2,1-3H3. The van der Waals surface area contributed by atoms with Gasteiger partial charge in [0.2, 0.25) is 0 Å². The SMILES string of the molecule is CC(C)(C)N1CC(O)C(F)(F)C1. The Morgan fingerprint density at radius 3 is 2.08 bits per heavy atom. The average molecular weight is 179 g/mol. The molecule has 0 aromatic heterocycles. The molecule has 0 aliphatic carbocycles. The maximum atomic E-state index is 12.8. The molecule has 2 nitrogen and oxygen atoms in total. The zero-order chi connectivity index (χ0) is 9.57. The van der Waals surface area contributed by atoms with Gasteiger partial charge in [0.15, 0.2) is 0 Å². The van der Waals surface area contributed by atoms with E-state index < -0.39 is 12.0 Å². The molecule has 0 aromatic rings. The van der Waals surface area contributed by atoms with E-state index in [1.807, 2.05) is 20.8 Å². The summed E-state index contributed by atoms with van der Waals surface area (Å²) in [6, 6.07) is 0. The molecule has 1 aliphatic heterocycles. The number of nitrogens with zero attached hydrogens (tertiary/aromatic N) is 1. The third-order valence-corrected chi connectivity index (χ3v) is 2.23. The van der Waals surface area contributed by atoms with E-state index in [0.717, 1.165) is 0 Å². The number of rotatable bonds is 0. The van der Waals surface area contributed by atoms with Crippen molar-refractivity contribution in [3.05, 3.63) is 0 Å². The normalized spacial score (nSPS) is 31.0. The molecular formula is C8H15F2NO. The van der Waals surface area contributed by atoms with Crippen molar-refractivity contribution in [2.45, 2.75) is 38.3 Å². The molecule has 1 aliphatic rings. The highest BCUT2D eigenvalue weighted by molar-refractivity contribution is 4.95. The highest BCUT2D eigenvalue weighted by Gasteiger charge is 2.49. The monoisotopic (exact) mass is 179 g/mol. The molecule has 1 unspecified atom stereocenters. The molecule has 1 heterocycles. The Morgan fingerprint density at radius 1 is 1.42 bits per heavy atom. The van der Waals surface area contributed by atoms with Gasteiger partial charge >= 0.3 is 0 Å². The Balaban J connectivity index is 2.67. The topological polar surface area (TPSA) is 23.5 Å². The fraction of sp³-hybridized carbons (Fsp3) is 1.00. The van der Waals surface area contributed by atoms with Crippen molar-refractivity contribution in [1.29, 1.82) is 0 Å². The number of β-amino-alcohol motifs (C(OH)–C–C–N with tert-alkyl or cyclic N) is 1. The number of aliphatic hydroxyl groups excluding tert-OH is 1. The van der Waals surface area contributed by atoms with Gasteiger partial charge in [-0.15, -0.1) is 0 Å². The van der Waals surface area contributed by atoms with Gasteiger partial charge in [0.25, 0.3) is 5.92 Å². The molecule has 1 fully saturated rings. The Morgan fingerprint density at radius 2 is 1.92 bits per heavy atom. The summed E-state index contributed by atoms with van der Waals surface area (Å²) < 4.78 is 25.7. The molecule has 4 heteroatoms. The van der Waals surface area contributed by atoms with E-state index in [0.29, 0.717) is 0 Å². The van der Waals surface area contributed by atoms with Crippen LogP contribution in [0.3, 0.4) is 0 Å². The van der Waals surface area contributed by atoms with Crippen LogP contribution in [0.4, 0.5) is 8.78 Å². The van der Waals surface area contributed by atoms with Crippen LogP contribution in [-0.4, -0.2) is 40.7 Å². The molecule has 0 bridgehead atoms. The molecule has 0 spiro atoms. The molecule has 1 saturated heterocycles. The molecule has 1 rings (SSSR count). The van der Waals surface area contributed by atoms with Gasteiger partial charge in [-0.05, 0) is 20.8 Å². The first-order chi connectivity index (χ1) is 5.23. The second kappa shape index (κ2) is 2.64. The highest BCUT2D eigenvalue weighted by Crippen LogP contribution is 2.31. The third-order valence-electron chi connectivity index (χ3n) is 2.23. The third kappa shape index (κ3) is 1.75. The Kier molecular flexibility index (Phi) is 2.17. The lowest BCUT2D eigenvalue weighted by Gasteiger charge is -2.30. The average Bonchev–Trinajstić information content (AvgIpc) is 2.06. The Bertz CT molecular complexity index is 176. The minimum absolute atomic E-state index is 0.0660. The Hall–Kier alpha value is -0.220. The van der Waals surface area contributed by atoms with Crippen molar-refractivity contribution in [1.82, 2.24) is 4.90 Å². The quantitative estimate of drug-likeness (QED) is 0.602. The van der Waals surface area contributed by atoms with E-state index in [-0.39, 0.29) is 18.6 Å². The second-order valence-corrected chi connectivity index (χ2v) is 4.33. The zero-order valence-corrected chi connectivity index (χ0v) is 7.64. The van der Waals surface area contributed by atoms with Gasteiger partial charge in [0.05, 0.1) is 6.54 Å². The van der Waals surface area contributed by atoms with E-state index in [9.17, 15) is 8.78 Å². The van der Waals surface area contributed by atoms with Gasteiger partial charge in [0.1, 0.15) is 6.10 Å². The molecule has 0 aromatic carbocycles. The van der Waals surface area contributed by atoms with Gasteiger partial charge in [-0.25, -0.2) is 8.78 Å². The van der Waals surface area contributed by atoms with E-state index in [2.05, 4.69) is 0 Å². The van der Waals surface area contributed by atoms with E-state index in [1.165, 1.54) is 0 Å². The molecule has 12 heavy (non-hydrogen) atoms. The summed E-state index contributed by atoms with van der Waals surface area (Å²) in [6.45, 7) is 5.32. The number of hydrogen-bond acceptors (Lipinski definition) is 2. The van der Waals surface area contributed by atoms with Crippen LogP contribution in [-0.2, 0) is 0 Å².